The molecule has 0 spiro atoms. The Bertz CT molecular complexity index is 968. The second-order valence-electron chi connectivity index (χ2n) is 9.26. The van der Waals surface area contributed by atoms with Crippen LogP contribution in [0.5, 0.6) is 0 Å². The molecule has 0 heterocycles. The van der Waals surface area contributed by atoms with E-state index >= 15 is 4.39 Å². The van der Waals surface area contributed by atoms with Crippen LogP contribution in [0.25, 0.3) is 17.2 Å². The number of allylic oxidation sites excluding steroid dienone is 1. The van der Waals surface area contributed by atoms with E-state index < -0.39 is 23.3 Å². The van der Waals surface area contributed by atoms with E-state index in [1.54, 1.807) is 0 Å². The number of halogens is 4. The van der Waals surface area contributed by atoms with Crippen LogP contribution >= 0.6 is 0 Å². The lowest BCUT2D eigenvalue weighted by molar-refractivity contribution is 0.252. The summed E-state index contributed by atoms with van der Waals surface area (Å²) in [7, 11) is 0. The molecule has 0 aromatic heterocycles. The van der Waals surface area contributed by atoms with Gasteiger partial charge in [-0.3, -0.25) is 0 Å². The van der Waals surface area contributed by atoms with Crippen molar-refractivity contribution in [3.63, 3.8) is 0 Å². The molecule has 2 aromatic rings. The van der Waals surface area contributed by atoms with E-state index in [9.17, 15) is 13.2 Å². The van der Waals surface area contributed by atoms with Crippen LogP contribution in [0.3, 0.4) is 0 Å². The predicted octanol–water partition coefficient (Wildman–Crippen LogP) is 8.63. The zero-order valence-electron chi connectivity index (χ0n) is 18.1. The van der Waals surface area contributed by atoms with Crippen LogP contribution in [-0.2, 0) is 6.42 Å². The summed E-state index contributed by atoms with van der Waals surface area (Å²) in [6, 6.07) is 4.30. The molecular formula is C27H30F4. The molecule has 0 radical (unpaired) electrons. The Kier molecular flexibility index (Phi) is 6.83. The van der Waals surface area contributed by atoms with Crippen LogP contribution in [0.2, 0.25) is 0 Å². The fourth-order valence-electron chi connectivity index (χ4n) is 5.36. The Labute approximate surface area is 182 Å². The van der Waals surface area contributed by atoms with Gasteiger partial charge in [-0.2, -0.15) is 0 Å². The molecule has 1 fully saturated rings. The average molecular weight is 431 g/mol. The molecule has 0 unspecified atom stereocenters. The number of fused-ring (bicyclic) bond motifs is 1. The Balaban J connectivity index is 1.47. The van der Waals surface area contributed by atoms with E-state index in [1.165, 1.54) is 56.2 Å². The first kappa shape index (κ1) is 22.1. The first-order valence-electron chi connectivity index (χ1n) is 11.6. The van der Waals surface area contributed by atoms with E-state index in [-0.39, 0.29) is 11.1 Å². The summed E-state index contributed by atoms with van der Waals surface area (Å²) in [6.07, 6.45) is 13.2. The maximum absolute atomic E-state index is 15.2. The van der Waals surface area contributed by atoms with Crippen molar-refractivity contribution in [1.82, 2.24) is 0 Å². The average Bonchev–Trinajstić information content (AvgIpc) is 2.76. The summed E-state index contributed by atoms with van der Waals surface area (Å²) >= 11 is 0. The Hall–Kier alpha value is -2.10. The van der Waals surface area contributed by atoms with Gasteiger partial charge in [-0.15, -0.1) is 0 Å². The molecule has 0 N–H and O–H groups in total. The van der Waals surface area contributed by atoms with Crippen LogP contribution in [0.1, 0.15) is 75.8 Å². The molecule has 2 aliphatic carbocycles. The Morgan fingerprint density at radius 1 is 0.806 bits per heavy atom. The minimum atomic E-state index is -1.11. The monoisotopic (exact) mass is 430 g/mol. The second kappa shape index (κ2) is 9.58. The lowest BCUT2D eigenvalue weighted by Gasteiger charge is -2.29. The maximum atomic E-state index is 15.2. The number of hydrogen-bond donors (Lipinski definition) is 0. The summed E-state index contributed by atoms with van der Waals surface area (Å²) in [5.74, 6) is -1.88. The van der Waals surface area contributed by atoms with Gasteiger partial charge in [0.2, 0.25) is 0 Å². The SMILES string of the molecule is CCCC1CCC(CCC2=Cc3cc(F)c(-c4ccc(F)c(F)c4)c(F)c3CC2)CC1. The van der Waals surface area contributed by atoms with Gasteiger partial charge in [0.1, 0.15) is 11.6 Å². The highest BCUT2D eigenvalue weighted by Crippen LogP contribution is 2.38. The largest absolute Gasteiger partial charge is 0.206 e. The van der Waals surface area contributed by atoms with Crippen molar-refractivity contribution in [2.45, 2.75) is 71.1 Å². The third kappa shape index (κ3) is 4.88. The smallest absolute Gasteiger partial charge is 0.159 e. The normalized spacial score (nSPS) is 21.0. The summed E-state index contributed by atoms with van der Waals surface area (Å²) in [4.78, 5) is 0. The fourth-order valence-corrected chi connectivity index (χ4v) is 5.36. The number of benzene rings is 2. The van der Waals surface area contributed by atoms with Gasteiger partial charge in [0.15, 0.2) is 11.6 Å². The van der Waals surface area contributed by atoms with Crippen LogP contribution in [0, 0.1) is 35.1 Å². The quantitative estimate of drug-likeness (QED) is 0.402. The number of rotatable bonds is 6. The molecule has 0 aliphatic heterocycles. The first-order valence-corrected chi connectivity index (χ1v) is 11.6. The predicted molar refractivity (Wildman–Crippen MR) is 118 cm³/mol. The third-order valence-corrected chi connectivity index (χ3v) is 7.15. The van der Waals surface area contributed by atoms with Gasteiger partial charge in [-0.25, -0.2) is 17.6 Å². The van der Waals surface area contributed by atoms with E-state index in [0.717, 1.165) is 43.2 Å². The maximum Gasteiger partial charge on any atom is 0.159 e. The molecule has 0 bridgehead atoms. The van der Waals surface area contributed by atoms with Crippen LogP contribution < -0.4 is 0 Å². The van der Waals surface area contributed by atoms with Gasteiger partial charge >= 0.3 is 0 Å². The highest BCUT2D eigenvalue weighted by molar-refractivity contribution is 5.71. The molecular weight excluding hydrogens is 400 g/mol. The highest BCUT2D eigenvalue weighted by atomic mass is 19.2. The number of hydrogen-bond acceptors (Lipinski definition) is 0. The highest BCUT2D eigenvalue weighted by Gasteiger charge is 2.24. The standard InChI is InChI=1S/C27H30F4/c1-2-3-17-4-6-18(7-5-17)8-9-19-10-12-22-21(14-19)16-25(30)26(27(22)31)20-11-13-23(28)24(29)15-20/h11,13-18H,2-10,12H2,1H3. The van der Waals surface area contributed by atoms with Crippen molar-refractivity contribution in [1.29, 1.82) is 0 Å². The topological polar surface area (TPSA) is 0 Å². The molecule has 1 saturated carbocycles. The van der Waals surface area contributed by atoms with Crippen molar-refractivity contribution < 1.29 is 17.6 Å². The van der Waals surface area contributed by atoms with Crippen molar-refractivity contribution in [3.8, 4) is 11.1 Å². The summed E-state index contributed by atoms with van der Waals surface area (Å²) in [5, 5.41) is 0. The summed E-state index contributed by atoms with van der Waals surface area (Å²) < 4.78 is 56.7. The Morgan fingerprint density at radius 3 is 2.19 bits per heavy atom. The van der Waals surface area contributed by atoms with Crippen molar-refractivity contribution in [2.75, 3.05) is 0 Å². The van der Waals surface area contributed by atoms with Gasteiger partial charge in [-0.1, -0.05) is 63.2 Å². The Morgan fingerprint density at radius 2 is 1.52 bits per heavy atom. The molecule has 31 heavy (non-hydrogen) atoms. The van der Waals surface area contributed by atoms with Crippen molar-refractivity contribution >= 4 is 6.08 Å². The van der Waals surface area contributed by atoms with Crippen LogP contribution in [0.4, 0.5) is 17.6 Å². The zero-order valence-corrected chi connectivity index (χ0v) is 18.1. The van der Waals surface area contributed by atoms with E-state index in [4.69, 9.17) is 0 Å². The summed E-state index contributed by atoms with van der Waals surface area (Å²) in [6.45, 7) is 2.26. The lowest BCUT2D eigenvalue weighted by Crippen LogP contribution is -2.15. The van der Waals surface area contributed by atoms with Crippen molar-refractivity contribution in [2.24, 2.45) is 11.8 Å². The van der Waals surface area contributed by atoms with Gasteiger partial charge in [0, 0.05) is 0 Å². The second-order valence-corrected chi connectivity index (χ2v) is 9.26. The molecule has 2 aliphatic rings. The van der Waals surface area contributed by atoms with Crippen LogP contribution in [-0.4, -0.2) is 0 Å². The van der Waals surface area contributed by atoms with Gasteiger partial charge in [0.25, 0.3) is 0 Å². The molecule has 4 rings (SSSR count). The van der Waals surface area contributed by atoms with Crippen LogP contribution in [0.15, 0.2) is 29.8 Å². The van der Waals surface area contributed by atoms with Gasteiger partial charge in [-0.05, 0) is 72.4 Å². The molecule has 2 aromatic carbocycles. The van der Waals surface area contributed by atoms with E-state index in [0.29, 0.717) is 17.5 Å². The third-order valence-electron chi connectivity index (χ3n) is 7.15. The first-order chi connectivity index (χ1) is 15.0. The van der Waals surface area contributed by atoms with E-state index in [2.05, 4.69) is 6.92 Å². The van der Waals surface area contributed by atoms with Crippen molar-refractivity contribution in [3.05, 3.63) is 64.2 Å². The minimum Gasteiger partial charge on any atom is -0.206 e. The molecule has 166 valence electrons. The molecule has 0 atom stereocenters. The van der Waals surface area contributed by atoms with E-state index in [1.807, 2.05) is 6.08 Å². The van der Waals surface area contributed by atoms with Gasteiger partial charge in [0.05, 0.1) is 5.56 Å². The summed E-state index contributed by atoms with van der Waals surface area (Å²) in [5.41, 5.74) is 2.03. The molecule has 0 nitrogen and oxygen atoms in total. The minimum absolute atomic E-state index is 0.0187. The molecule has 0 saturated heterocycles. The lowest BCUT2D eigenvalue weighted by atomic mass is 9.77. The fraction of sp³-hybridized carbons (Fsp3) is 0.481. The zero-order chi connectivity index (χ0) is 22.0. The van der Waals surface area contributed by atoms with Gasteiger partial charge < -0.3 is 0 Å². The molecule has 4 heteroatoms. The molecule has 0 amide bonds.